The van der Waals surface area contributed by atoms with Crippen molar-refractivity contribution in [3.8, 4) is 0 Å². The summed E-state index contributed by atoms with van der Waals surface area (Å²) >= 11 is 0. The molecular formula is C23H27N3O3. The Bertz CT molecular complexity index is 816. The molecule has 1 saturated heterocycles. The minimum absolute atomic E-state index is 0.233. The topological polar surface area (TPSA) is 61.9 Å². The summed E-state index contributed by atoms with van der Waals surface area (Å²) in [5.74, 6) is -0.438. The van der Waals surface area contributed by atoms with Crippen molar-refractivity contribution < 1.29 is 14.3 Å². The highest BCUT2D eigenvalue weighted by molar-refractivity contribution is 5.84. The second-order valence-electron chi connectivity index (χ2n) is 6.96. The Balaban J connectivity index is 1.52. The lowest BCUT2D eigenvalue weighted by molar-refractivity contribution is -0.142. The molecule has 0 spiro atoms. The van der Waals surface area contributed by atoms with Crippen LogP contribution in [0.1, 0.15) is 11.1 Å². The van der Waals surface area contributed by atoms with E-state index in [9.17, 15) is 9.59 Å². The number of ether oxygens (including phenoxy) is 1. The molecule has 2 aromatic carbocycles. The van der Waals surface area contributed by atoms with Gasteiger partial charge in [0.05, 0.1) is 7.11 Å². The number of piperazine rings is 1. The first-order valence-corrected chi connectivity index (χ1v) is 9.80. The largest absolute Gasteiger partial charge is 0.467 e. The number of nitrogens with zero attached hydrogens (tertiary/aromatic N) is 2. The standard InChI is InChI=1S/C23H27N3O3/c1-29-22(27)21(18-20-10-6-3-7-11-20)24-23(28)26-16-14-25(15-17-26)13-12-19-8-4-2-5-9-19/h2-13,21H,14-18H2,1H3,(H,24,28)/t21-/m0/s1. The average Bonchev–Trinajstić information content (AvgIpc) is 2.78. The predicted octanol–water partition coefficient (Wildman–Crippen LogP) is 2.77. The van der Waals surface area contributed by atoms with Crippen molar-refractivity contribution in [1.29, 1.82) is 0 Å². The van der Waals surface area contributed by atoms with E-state index in [4.69, 9.17) is 4.74 Å². The third kappa shape index (κ3) is 6.10. The third-order valence-corrected chi connectivity index (χ3v) is 4.94. The molecule has 29 heavy (non-hydrogen) atoms. The van der Waals surface area contributed by atoms with Gasteiger partial charge in [0.1, 0.15) is 6.04 Å². The Hall–Kier alpha value is -3.28. The van der Waals surface area contributed by atoms with E-state index in [1.807, 2.05) is 48.5 Å². The van der Waals surface area contributed by atoms with Crippen molar-refractivity contribution in [2.24, 2.45) is 0 Å². The second kappa shape index (κ2) is 10.3. The molecular weight excluding hydrogens is 366 g/mol. The molecule has 0 saturated carbocycles. The van der Waals surface area contributed by atoms with E-state index in [1.165, 1.54) is 7.11 Å². The second-order valence-corrected chi connectivity index (χ2v) is 6.96. The van der Waals surface area contributed by atoms with Crippen LogP contribution in [0.15, 0.2) is 66.9 Å². The average molecular weight is 393 g/mol. The van der Waals surface area contributed by atoms with Crippen LogP contribution in [0.3, 0.4) is 0 Å². The molecule has 0 unspecified atom stereocenters. The van der Waals surface area contributed by atoms with Crippen LogP contribution in [0.4, 0.5) is 4.79 Å². The van der Waals surface area contributed by atoms with Crippen LogP contribution in [0.25, 0.3) is 6.08 Å². The summed E-state index contributed by atoms with van der Waals surface area (Å²) in [5.41, 5.74) is 2.12. The third-order valence-electron chi connectivity index (χ3n) is 4.94. The molecule has 0 aromatic heterocycles. The Kier molecular flexibility index (Phi) is 7.28. The smallest absolute Gasteiger partial charge is 0.328 e. The Morgan fingerprint density at radius 2 is 1.62 bits per heavy atom. The zero-order chi connectivity index (χ0) is 20.5. The van der Waals surface area contributed by atoms with Gasteiger partial charge in [-0.3, -0.25) is 0 Å². The summed E-state index contributed by atoms with van der Waals surface area (Å²) in [7, 11) is 1.34. The molecule has 152 valence electrons. The lowest BCUT2D eigenvalue weighted by Crippen LogP contribution is -2.54. The maximum absolute atomic E-state index is 12.7. The number of benzene rings is 2. The highest BCUT2D eigenvalue weighted by Crippen LogP contribution is 2.09. The number of esters is 1. The molecule has 3 rings (SSSR count). The molecule has 2 aromatic rings. The number of urea groups is 1. The number of nitrogens with one attached hydrogen (secondary N) is 1. The minimum Gasteiger partial charge on any atom is -0.467 e. The summed E-state index contributed by atoms with van der Waals surface area (Å²) in [6.07, 6.45) is 4.54. The van der Waals surface area contributed by atoms with E-state index in [-0.39, 0.29) is 6.03 Å². The van der Waals surface area contributed by atoms with E-state index in [1.54, 1.807) is 4.90 Å². The number of hydrogen-bond acceptors (Lipinski definition) is 4. The highest BCUT2D eigenvalue weighted by Gasteiger charge is 2.26. The maximum atomic E-state index is 12.7. The van der Waals surface area contributed by atoms with Gasteiger partial charge in [-0.15, -0.1) is 0 Å². The molecule has 1 fully saturated rings. The summed E-state index contributed by atoms with van der Waals surface area (Å²) in [5, 5.41) is 2.83. The van der Waals surface area contributed by atoms with Crippen LogP contribution >= 0.6 is 0 Å². The molecule has 1 aliphatic rings. The fourth-order valence-electron chi connectivity index (χ4n) is 3.26. The first-order chi connectivity index (χ1) is 14.2. The minimum atomic E-state index is -0.703. The zero-order valence-electron chi connectivity index (χ0n) is 16.7. The van der Waals surface area contributed by atoms with E-state index >= 15 is 0 Å². The van der Waals surface area contributed by atoms with Crippen LogP contribution < -0.4 is 5.32 Å². The zero-order valence-corrected chi connectivity index (χ0v) is 16.7. The lowest BCUT2D eigenvalue weighted by atomic mass is 10.1. The van der Waals surface area contributed by atoms with Crippen LogP contribution in [0.2, 0.25) is 0 Å². The van der Waals surface area contributed by atoms with Crippen molar-refractivity contribution in [2.45, 2.75) is 12.5 Å². The SMILES string of the molecule is COC(=O)[C@H](Cc1ccccc1)NC(=O)N1CCN(C=Cc2ccccc2)CC1. The van der Waals surface area contributed by atoms with Crippen molar-refractivity contribution in [1.82, 2.24) is 15.1 Å². The van der Waals surface area contributed by atoms with Gasteiger partial charge in [0.15, 0.2) is 0 Å². The fourth-order valence-corrected chi connectivity index (χ4v) is 3.26. The van der Waals surface area contributed by atoms with Gasteiger partial charge in [-0.05, 0) is 23.4 Å². The Morgan fingerprint density at radius 3 is 2.24 bits per heavy atom. The molecule has 1 N–H and O–H groups in total. The molecule has 1 aliphatic heterocycles. The number of hydrogen-bond donors (Lipinski definition) is 1. The predicted molar refractivity (Wildman–Crippen MR) is 113 cm³/mol. The maximum Gasteiger partial charge on any atom is 0.328 e. The summed E-state index contributed by atoms with van der Waals surface area (Å²) in [4.78, 5) is 28.7. The number of amides is 2. The number of carbonyl (C=O) groups is 2. The van der Waals surface area contributed by atoms with Crippen LogP contribution in [-0.2, 0) is 16.0 Å². The molecule has 1 heterocycles. The van der Waals surface area contributed by atoms with E-state index in [0.717, 1.165) is 24.2 Å². The van der Waals surface area contributed by atoms with Gasteiger partial charge in [0.25, 0.3) is 0 Å². The molecule has 6 heteroatoms. The van der Waals surface area contributed by atoms with Crippen LogP contribution in [-0.4, -0.2) is 61.1 Å². The van der Waals surface area contributed by atoms with E-state index < -0.39 is 12.0 Å². The van der Waals surface area contributed by atoms with Gasteiger partial charge < -0.3 is 19.9 Å². The summed E-state index contributed by atoms with van der Waals surface area (Å²) in [6, 6.07) is 18.8. The van der Waals surface area contributed by atoms with Crippen molar-refractivity contribution in [3.05, 3.63) is 78.0 Å². The van der Waals surface area contributed by atoms with Gasteiger partial charge in [-0.1, -0.05) is 60.7 Å². The van der Waals surface area contributed by atoms with Gasteiger partial charge in [-0.25, -0.2) is 9.59 Å². The van der Waals surface area contributed by atoms with Crippen molar-refractivity contribution in [3.63, 3.8) is 0 Å². The Labute approximate surface area is 171 Å². The van der Waals surface area contributed by atoms with E-state index in [2.05, 4.69) is 34.6 Å². The van der Waals surface area contributed by atoms with Gasteiger partial charge in [0.2, 0.25) is 0 Å². The lowest BCUT2D eigenvalue weighted by Gasteiger charge is -2.34. The summed E-state index contributed by atoms with van der Waals surface area (Å²) in [6.45, 7) is 2.70. The molecule has 0 aliphatic carbocycles. The molecule has 1 atom stereocenters. The molecule has 0 radical (unpaired) electrons. The normalized spacial score (nSPS) is 15.2. The van der Waals surface area contributed by atoms with Gasteiger partial charge in [0, 0.05) is 32.6 Å². The van der Waals surface area contributed by atoms with Crippen molar-refractivity contribution >= 4 is 18.1 Å². The Morgan fingerprint density at radius 1 is 1.00 bits per heavy atom. The first-order valence-electron chi connectivity index (χ1n) is 9.80. The van der Waals surface area contributed by atoms with Crippen LogP contribution in [0, 0.1) is 0 Å². The van der Waals surface area contributed by atoms with Crippen LogP contribution in [0.5, 0.6) is 0 Å². The summed E-state index contributed by atoms with van der Waals surface area (Å²) < 4.78 is 4.87. The number of methoxy groups -OCH3 is 1. The van der Waals surface area contributed by atoms with Crippen molar-refractivity contribution in [2.75, 3.05) is 33.3 Å². The van der Waals surface area contributed by atoms with Gasteiger partial charge >= 0.3 is 12.0 Å². The fraction of sp³-hybridized carbons (Fsp3) is 0.304. The molecule has 2 amide bonds. The molecule has 0 bridgehead atoms. The van der Waals surface area contributed by atoms with Gasteiger partial charge in [-0.2, -0.15) is 0 Å². The monoisotopic (exact) mass is 393 g/mol. The number of rotatable bonds is 6. The highest BCUT2D eigenvalue weighted by atomic mass is 16.5. The molecule has 6 nitrogen and oxygen atoms in total. The first kappa shape index (κ1) is 20.5. The number of carbonyl (C=O) groups excluding carboxylic acids is 2. The quantitative estimate of drug-likeness (QED) is 0.767. The van der Waals surface area contributed by atoms with E-state index in [0.29, 0.717) is 19.5 Å².